The van der Waals surface area contributed by atoms with Crippen molar-refractivity contribution in [2.75, 3.05) is 6.54 Å². The van der Waals surface area contributed by atoms with E-state index < -0.39 is 0 Å². The lowest BCUT2D eigenvalue weighted by Crippen LogP contribution is -2.35. The fraction of sp³-hybridized carbons (Fsp3) is 0.667. The van der Waals surface area contributed by atoms with E-state index in [2.05, 4.69) is 37.4 Å². The molecule has 1 N–H and O–H groups in total. The van der Waals surface area contributed by atoms with Crippen molar-refractivity contribution < 1.29 is 4.74 Å². The van der Waals surface area contributed by atoms with Gasteiger partial charge in [0.15, 0.2) is 0 Å². The van der Waals surface area contributed by atoms with E-state index in [0.717, 1.165) is 19.8 Å². The molecule has 3 rings (SSSR count). The highest BCUT2D eigenvalue weighted by Gasteiger charge is 2.37. The first kappa shape index (κ1) is 14.1. The van der Waals surface area contributed by atoms with Crippen LogP contribution in [0.25, 0.3) is 0 Å². The third kappa shape index (κ3) is 2.64. The molecule has 1 atom stereocenters. The SMILES string of the molecule is CCCNC(c1ccc2c(c1)COC2)C1(C)CCCC1. The highest BCUT2D eigenvalue weighted by Crippen LogP contribution is 2.47. The van der Waals surface area contributed by atoms with Gasteiger partial charge in [0, 0.05) is 6.04 Å². The van der Waals surface area contributed by atoms with Crippen molar-refractivity contribution in [1.82, 2.24) is 5.32 Å². The Morgan fingerprint density at radius 3 is 2.70 bits per heavy atom. The molecule has 0 amide bonds. The lowest BCUT2D eigenvalue weighted by Gasteiger charge is -2.35. The summed E-state index contributed by atoms with van der Waals surface area (Å²) >= 11 is 0. The summed E-state index contributed by atoms with van der Waals surface area (Å²) in [5.41, 5.74) is 4.65. The van der Waals surface area contributed by atoms with Gasteiger partial charge in [-0.25, -0.2) is 0 Å². The maximum absolute atomic E-state index is 5.56. The van der Waals surface area contributed by atoms with Crippen LogP contribution in [0.1, 0.15) is 68.7 Å². The Bertz CT molecular complexity index is 462. The quantitative estimate of drug-likeness (QED) is 0.861. The monoisotopic (exact) mass is 273 g/mol. The van der Waals surface area contributed by atoms with Crippen molar-refractivity contribution in [3.63, 3.8) is 0 Å². The zero-order valence-corrected chi connectivity index (χ0v) is 12.9. The summed E-state index contributed by atoms with van der Waals surface area (Å²) in [6.07, 6.45) is 6.66. The van der Waals surface area contributed by atoms with Crippen LogP contribution in [-0.4, -0.2) is 6.54 Å². The first-order valence-corrected chi connectivity index (χ1v) is 8.16. The first-order chi connectivity index (χ1) is 9.73. The van der Waals surface area contributed by atoms with E-state index in [1.165, 1.54) is 48.8 Å². The standard InChI is InChI=1S/C18H27NO/c1-3-10-19-17(18(2)8-4-5-9-18)14-6-7-15-12-20-13-16(15)11-14/h6-7,11,17,19H,3-5,8-10,12-13H2,1-2H3. The van der Waals surface area contributed by atoms with Gasteiger partial charge in [-0.05, 0) is 47.9 Å². The van der Waals surface area contributed by atoms with Crippen molar-refractivity contribution >= 4 is 0 Å². The largest absolute Gasteiger partial charge is 0.372 e. The molecular formula is C18H27NO. The molecule has 110 valence electrons. The second-order valence-corrected chi connectivity index (χ2v) is 6.77. The molecule has 1 aliphatic carbocycles. The molecule has 2 heteroatoms. The van der Waals surface area contributed by atoms with E-state index in [0.29, 0.717) is 11.5 Å². The average molecular weight is 273 g/mol. The number of fused-ring (bicyclic) bond motifs is 1. The molecule has 1 fully saturated rings. The average Bonchev–Trinajstić information content (AvgIpc) is 3.08. The molecule has 20 heavy (non-hydrogen) atoms. The molecule has 1 saturated carbocycles. The molecule has 1 aliphatic heterocycles. The van der Waals surface area contributed by atoms with Gasteiger partial charge >= 0.3 is 0 Å². The smallest absolute Gasteiger partial charge is 0.0725 e. The lowest BCUT2D eigenvalue weighted by atomic mass is 9.76. The van der Waals surface area contributed by atoms with Crippen LogP contribution in [0.15, 0.2) is 18.2 Å². The minimum absolute atomic E-state index is 0.420. The second kappa shape index (κ2) is 5.87. The fourth-order valence-corrected chi connectivity index (χ4v) is 3.90. The molecule has 0 bridgehead atoms. The molecule has 0 saturated heterocycles. The van der Waals surface area contributed by atoms with Crippen LogP contribution in [0.3, 0.4) is 0 Å². The first-order valence-electron chi connectivity index (χ1n) is 8.16. The van der Waals surface area contributed by atoms with Crippen LogP contribution in [0.5, 0.6) is 0 Å². The molecule has 1 heterocycles. The number of rotatable bonds is 5. The van der Waals surface area contributed by atoms with E-state index in [-0.39, 0.29) is 0 Å². The summed E-state index contributed by atoms with van der Waals surface area (Å²) < 4.78 is 5.56. The minimum Gasteiger partial charge on any atom is -0.372 e. The van der Waals surface area contributed by atoms with Crippen molar-refractivity contribution in [3.05, 3.63) is 34.9 Å². The Morgan fingerprint density at radius 1 is 1.20 bits per heavy atom. The molecule has 2 aliphatic rings. The van der Waals surface area contributed by atoms with Gasteiger partial charge in [0.25, 0.3) is 0 Å². The maximum Gasteiger partial charge on any atom is 0.0725 e. The van der Waals surface area contributed by atoms with Crippen LogP contribution < -0.4 is 5.32 Å². The maximum atomic E-state index is 5.56. The minimum atomic E-state index is 0.420. The molecule has 0 aromatic heterocycles. The van der Waals surface area contributed by atoms with Crippen LogP contribution in [0.2, 0.25) is 0 Å². The molecule has 1 unspecified atom stereocenters. The molecule has 1 aromatic rings. The zero-order chi connectivity index (χ0) is 14.0. The van der Waals surface area contributed by atoms with Gasteiger partial charge in [0.05, 0.1) is 13.2 Å². The summed E-state index contributed by atoms with van der Waals surface area (Å²) in [4.78, 5) is 0. The number of nitrogens with one attached hydrogen (secondary N) is 1. The van der Waals surface area contributed by atoms with E-state index >= 15 is 0 Å². The fourth-order valence-electron chi connectivity index (χ4n) is 3.90. The Kier molecular flexibility index (Phi) is 4.13. The third-order valence-corrected chi connectivity index (χ3v) is 5.12. The molecule has 1 aromatic carbocycles. The van der Waals surface area contributed by atoms with E-state index in [1.807, 2.05) is 0 Å². The van der Waals surface area contributed by atoms with Gasteiger partial charge in [-0.2, -0.15) is 0 Å². The molecule has 0 spiro atoms. The predicted octanol–water partition coefficient (Wildman–Crippen LogP) is 4.34. The summed E-state index contributed by atoms with van der Waals surface area (Å²) in [6, 6.07) is 7.48. The van der Waals surface area contributed by atoms with E-state index in [4.69, 9.17) is 4.74 Å². The number of benzene rings is 1. The zero-order valence-electron chi connectivity index (χ0n) is 12.9. The van der Waals surface area contributed by atoms with Crippen LogP contribution >= 0.6 is 0 Å². The van der Waals surface area contributed by atoms with Crippen molar-refractivity contribution in [2.24, 2.45) is 5.41 Å². The second-order valence-electron chi connectivity index (χ2n) is 6.77. The predicted molar refractivity (Wildman–Crippen MR) is 82.5 cm³/mol. The van der Waals surface area contributed by atoms with Gasteiger partial charge in [-0.1, -0.05) is 44.9 Å². The Morgan fingerprint density at radius 2 is 1.95 bits per heavy atom. The Hall–Kier alpha value is -0.860. The summed E-state index contributed by atoms with van der Waals surface area (Å²) in [6.45, 7) is 7.41. The van der Waals surface area contributed by atoms with Gasteiger partial charge in [0.1, 0.15) is 0 Å². The molecule has 0 radical (unpaired) electrons. The van der Waals surface area contributed by atoms with Crippen molar-refractivity contribution in [1.29, 1.82) is 0 Å². The topological polar surface area (TPSA) is 21.3 Å². The lowest BCUT2D eigenvalue weighted by molar-refractivity contribution is 0.134. The number of hydrogen-bond acceptors (Lipinski definition) is 2. The molecular weight excluding hydrogens is 246 g/mol. The molecule has 2 nitrogen and oxygen atoms in total. The van der Waals surface area contributed by atoms with E-state index in [9.17, 15) is 0 Å². The van der Waals surface area contributed by atoms with E-state index in [1.54, 1.807) is 0 Å². The van der Waals surface area contributed by atoms with Gasteiger partial charge in [-0.3, -0.25) is 0 Å². The Labute approximate surface area is 122 Å². The summed E-state index contributed by atoms with van der Waals surface area (Å²) in [7, 11) is 0. The van der Waals surface area contributed by atoms with Crippen LogP contribution in [0.4, 0.5) is 0 Å². The van der Waals surface area contributed by atoms with Crippen molar-refractivity contribution in [2.45, 2.75) is 65.2 Å². The van der Waals surface area contributed by atoms with Crippen LogP contribution in [-0.2, 0) is 18.0 Å². The number of hydrogen-bond donors (Lipinski definition) is 1. The highest BCUT2D eigenvalue weighted by atomic mass is 16.5. The van der Waals surface area contributed by atoms with Crippen LogP contribution in [0, 0.1) is 5.41 Å². The third-order valence-electron chi connectivity index (χ3n) is 5.12. The van der Waals surface area contributed by atoms with Crippen molar-refractivity contribution in [3.8, 4) is 0 Å². The van der Waals surface area contributed by atoms with Gasteiger partial charge in [-0.15, -0.1) is 0 Å². The normalized spacial score (nSPS) is 21.9. The Balaban J connectivity index is 1.88. The highest BCUT2D eigenvalue weighted by molar-refractivity contribution is 5.35. The number of ether oxygens (including phenoxy) is 1. The summed E-state index contributed by atoms with van der Waals surface area (Å²) in [5.74, 6) is 0. The van der Waals surface area contributed by atoms with Gasteiger partial charge < -0.3 is 10.1 Å². The summed E-state index contributed by atoms with van der Waals surface area (Å²) in [5, 5.41) is 3.82. The van der Waals surface area contributed by atoms with Gasteiger partial charge in [0.2, 0.25) is 0 Å².